The monoisotopic (exact) mass is 304 g/mol. The highest BCUT2D eigenvalue weighted by atomic mass is 16.3. The first-order valence-corrected chi connectivity index (χ1v) is 8.20. The first-order chi connectivity index (χ1) is 9.91. The SMILES string of the molecule is CC1(C)CC2(C)CC3=C(C(=O)C(=NN)C(C)(C)C3)C(O)(C1)C2. The topological polar surface area (TPSA) is 75.7 Å². The summed E-state index contributed by atoms with van der Waals surface area (Å²) in [7, 11) is 0. The highest BCUT2D eigenvalue weighted by Crippen LogP contribution is 2.61. The molecule has 3 rings (SSSR count). The number of hydrazone groups is 1. The Morgan fingerprint density at radius 2 is 1.68 bits per heavy atom. The van der Waals surface area contributed by atoms with E-state index in [1.807, 2.05) is 13.8 Å². The summed E-state index contributed by atoms with van der Waals surface area (Å²) in [4.78, 5) is 13.0. The van der Waals surface area contributed by atoms with Crippen molar-refractivity contribution in [1.29, 1.82) is 0 Å². The standard InChI is InChI=1S/C18H28N2O2/c1-15(2)8-17(5)7-11-6-16(3,4)14(20-19)13(21)12(11)18(22,9-15)10-17/h22H,6-10,19H2,1-5H3. The van der Waals surface area contributed by atoms with Crippen LogP contribution >= 0.6 is 0 Å². The van der Waals surface area contributed by atoms with Crippen LogP contribution in [-0.2, 0) is 4.79 Å². The highest BCUT2D eigenvalue weighted by molar-refractivity contribution is 6.48. The molecular formula is C18H28N2O2. The third-order valence-electron chi connectivity index (χ3n) is 5.72. The molecule has 1 saturated carbocycles. The summed E-state index contributed by atoms with van der Waals surface area (Å²) < 4.78 is 0. The van der Waals surface area contributed by atoms with Crippen LogP contribution in [0.15, 0.2) is 16.2 Å². The van der Waals surface area contributed by atoms with Gasteiger partial charge in [0, 0.05) is 11.0 Å². The van der Waals surface area contributed by atoms with Gasteiger partial charge in [0.15, 0.2) is 0 Å². The van der Waals surface area contributed by atoms with Gasteiger partial charge in [-0.2, -0.15) is 5.10 Å². The van der Waals surface area contributed by atoms with Crippen molar-refractivity contribution in [2.45, 2.75) is 72.3 Å². The molecule has 4 heteroatoms. The Labute approximate surface area is 132 Å². The van der Waals surface area contributed by atoms with Crippen LogP contribution in [0.5, 0.6) is 0 Å². The Morgan fingerprint density at radius 1 is 1.05 bits per heavy atom. The molecule has 0 radical (unpaired) electrons. The van der Waals surface area contributed by atoms with Gasteiger partial charge in [0.25, 0.3) is 0 Å². The number of ketones is 1. The lowest BCUT2D eigenvalue weighted by Gasteiger charge is -2.57. The van der Waals surface area contributed by atoms with Crippen LogP contribution in [0.3, 0.4) is 0 Å². The van der Waals surface area contributed by atoms with E-state index < -0.39 is 5.60 Å². The third-order valence-corrected chi connectivity index (χ3v) is 5.72. The highest BCUT2D eigenvalue weighted by Gasteiger charge is 2.58. The molecule has 1 fully saturated rings. The molecule has 0 heterocycles. The van der Waals surface area contributed by atoms with E-state index >= 15 is 0 Å². The van der Waals surface area contributed by atoms with Crippen molar-refractivity contribution in [3.63, 3.8) is 0 Å². The average Bonchev–Trinajstić information content (AvgIpc) is 2.20. The number of allylic oxidation sites excluding steroid dienone is 1. The number of carbonyl (C=O) groups excluding carboxylic acids is 1. The molecule has 2 atom stereocenters. The van der Waals surface area contributed by atoms with Crippen molar-refractivity contribution in [3.05, 3.63) is 11.1 Å². The zero-order valence-corrected chi connectivity index (χ0v) is 14.4. The Kier molecular flexibility index (Phi) is 3.02. The van der Waals surface area contributed by atoms with Crippen LogP contribution in [0.25, 0.3) is 0 Å². The fraction of sp³-hybridized carbons (Fsp3) is 0.778. The van der Waals surface area contributed by atoms with Gasteiger partial charge in [0.05, 0.1) is 5.60 Å². The molecular weight excluding hydrogens is 276 g/mol. The van der Waals surface area contributed by atoms with E-state index in [4.69, 9.17) is 5.84 Å². The minimum atomic E-state index is -1.02. The molecule has 0 amide bonds. The number of nitrogens with two attached hydrogens (primary N) is 1. The van der Waals surface area contributed by atoms with E-state index in [-0.39, 0.29) is 22.0 Å². The van der Waals surface area contributed by atoms with Gasteiger partial charge in [-0.25, -0.2) is 0 Å². The van der Waals surface area contributed by atoms with Crippen molar-refractivity contribution >= 4 is 11.5 Å². The third kappa shape index (κ3) is 2.15. The average molecular weight is 304 g/mol. The van der Waals surface area contributed by atoms with Crippen LogP contribution in [-0.4, -0.2) is 22.2 Å². The number of nitrogens with zero attached hydrogens (tertiary/aromatic N) is 1. The van der Waals surface area contributed by atoms with Gasteiger partial charge in [0.1, 0.15) is 5.71 Å². The molecule has 0 saturated heterocycles. The maximum Gasteiger partial charge on any atom is 0.208 e. The van der Waals surface area contributed by atoms with Crippen molar-refractivity contribution < 1.29 is 9.90 Å². The van der Waals surface area contributed by atoms with Crippen LogP contribution < -0.4 is 5.84 Å². The van der Waals surface area contributed by atoms with Gasteiger partial charge in [-0.3, -0.25) is 4.79 Å². The zero-order valence-electron chi connectivity index (χ0n) is 14.4. The minimum Gasteiger partial charge on any atom is -0.385 e. The number of rotatable bonds is 0. The summed E-state index contributed by atoms with van der Waals surface area (Å²) >= 11 is 0. The fourth-order valence-corrected chi connectivity index (χ4v) is 5.87. The van der Waals surface area contributed by atoms with Crippen molar-refractivity contribution in [2.75, 3.05) is 0 Å². The first kappa shape index (κ1) is 15.7. The van der Waals surface area contributed by atoms with Crippen LogP contribution in [0, 0.1) is 16.2 Å². The zero-order chi connectivity index (χ0) is 16.6. The number of aliphatic hydroxyl groups is 1. The predicted octanol–water partition coefficient (Wildman–Crippen LogP) is 2.95. The molecule has 3 N–H and O–H groups in total. The smallest absolute Gasteiger partial charge is 0.208 e. The molecule has 22 heavy (non-hydrogen) atoms. The summed E-state index contributed by atoms with van der Waals surface area (Å²) in [6, 6.07) is 0. The lowest BCUT2D eigenvalue weighted by Crippen LogP contribution is -2.56. The Bertz CT molecular complexity index is 615. The quantitative estimate of drug-likeness (QED) is 0.533. The number of Topliss-reactive ketones (excluding diaryl/α,β-unsaturated/α-hetero) is 1. The summed E-state index contributed by atoms with van der Waals surface area (Å²) in [5.74, 6) is 5.38. The van der Waals surface area contributed by atoms with Gasteiger partial charge in [-0.15, -0.1) is 0 Å². The van der Waals surface area contributed by atoms with Crippen molar-refractivity contribution in [2.24, 2.45) is 27.2 Å². The summed E-state index contributed by atoms with van der Waals surface area (Å²) in [5.41, 5.74) is 0.894. The van der Waals surface area contributed by atoms with Gasteiger partial charge in [0.2, 0.25) is 5.78 Å². The number of hydrogen-bond acceptors (Lipinski definition) is 4. The largest absolute Gasteiger partial charge is 0.385 e. The lowest BCUT2D eigenvalue weighted by molar-refractivity contribution is -0.119. The van der Waals surface area contributed by atoms with Crippen LogP contribution in [0.2, 0.25) is 0 Å². The number of carbonyl (C=O) groups is 1. The molecule has 0 aromatic carbocycles. The maximum atomic E-state index is 13.0. The van der Waals surface area contributed by atoms with Gasteiger partial charge < -0.3 is 10.9 Å². The molecule has 0 aromatic heterocycles. The number of hydrogen-bond donors (Lipinski definition) is 2. The maximum absolute atomic E-state index is 13.0. The van der Waals surface area contributed by atoms with E-state index in [2.05, 4.69) is 25.9 Å². The van der Waals surface area contributed by atoms with Gasteiger partial charge in [-0.05, 0) is 42.9 Å². The fourth-order valence-electron chi connectivity index (χ4n) is 5.87. The predicted molar refractivity (Wildman–Crippen MR) is 87.4 cm³/mol. The first-order valence-electron chi connectivity index (χ1n) is 8.20. The van der Waals surface area contributed by atoms with Crippen LogP contribution in [0.4, 0.5) is 0 Å². The molecule has 0 aromatic rings. The van der Waals surface area contributed by atoms with E-state index in [1.165, 1.54) is 0 Å². The summed E-state index contributed by atoms with van der Waals surface area (Å²) in [6.45, 7) is 10.7. The van der Waals surface area contributed by atoms with Crippen molar-refractivity contribution in [3.8, 4) is 0 Å². The minimum absolute atomic E-state index is 0.0353. The number of fused-ring (bicyclic) bond motifs is 3. The molecule has 0 aliphatic heterocycles. The second kappa shape index (κ2) is 4.22. The summed E-state index contributed by atoms with van der Waals surface area (Å²) in [5, 5.41) is 15.2. The second-order valence-corrected chi connectivity index (χ2v) is 9.56. The molecule has 4 nitrogen and oxygen atoms in total. The van der Waals surface area contributed by atoms with E-state index in [0.717, 1.165) is 24.8 Å². The Hall–Kier alpha value is -1.16. The van der Waals surface area contributed by atoms with E-state index in [1.54, 1.807) is 0 Å². The molecule has 2 bridgehead atoms. The van der Waals surface area contributed by atoms with Gasteiger partial charge in [-0.1, -0.05) is 40.2 Å². The van der Waals surface area contributed by atoms with Gasteiger partial charge >= 0.3 is 0 Å². The molecule has 122 valence electrons. The lowest BCUT2D eigenvalue weighted by atomic mass is 9.49. The normalized spacial score (nSPS) is 41.5. The Morgan fingerprint density at radius 3 is 2.27 bits per heavy atom. The van der Waals surface area contributed by atoms with E-state index in [0.29, 0.717) is 24.1 Å². The summed E-state index contributed by atoms with van der Waals surface area (Å²) in [6.07, 6.45) is 4.07. The Balaban J connectivity index is 2.18. The molecule has 0 spiro atoms. The molecule has 3 aliphatic rings. The van der Waals surface area contributed by atoms with Crippen molar-refractivity contribution in [1.82, 2.24) is 0 Å². The van der Waals surface area contributed by atoms with E-state index in [9.17, 15) is 9.90 Å². The molecule has 3 aliphatic carbocycles. The van der Waals surface area contributed by atoms with Crippen LogP contribution in [0.1, 0.15) is 66.7 Å². The molecule has 2 unspecified atom stereocenters. The second-order valence-electron chi connectivity index (χ2n) is 9.56.